The van der Waals surface area contributed by atoms with Gasteiger partial charge in [0.15, 0.2) is 0 Å². The molecule has 0 radical (unpaired) electrons. The second kappa shape index (κ2) is 4.03. The summed E-state index contributed by atoms with van der Waals surface area (Å²) in [4.78, 5) is 15.3. The molecule has 0 aliphatic rings. The first kappa shape index (κ1) is 9.71. The summed E-state index contributed by atoms with van der Waals surface area (Å²) in [7, 11) is 0. The third kappa shape index (κ3) is 2.86. The zero-order valence-corrected chi connectivity index (χ0v) is 8.16. The van der Waals surface area contributed by atoms with Gasteiger partial charge in [0.2, 0.25) is 5.91 Å². The molecule has 3 nitrogen and oxygen atoms in total. The summed E-state index contributed by atoms with van der Waals surface area (Å²) < 4.78 is 0. The number of rotatable bonds is 2. The van der Waals surface area contributed by atoms with Crippen LogP contribution in [0.25, 0.3) is 0 Å². The van der Waals surface area contributed by atoms with Crippen molar-refractivity contribution in [2.75, 3.05) is 5.32 Å². The van der Waals surface area contributed by atoms with Crippen molar-refractivity contribution in [3.05, 3.63) is 24.0 Å². The smallest absolute Gasteiger partial charge is 0.226 e. The van der Waals surface area contributed by atoms with Crippen molar-refractivity contribution in [2.24, 2.45) is 5.92 Å². The minimum absolute atomic E-state index is 0.00121. The fraction of sp³-hybridized carbons (Fsp3) is 0.400. The summed E-state index contributed by atoms with van der Waals surface area (Å²) in [6.07, 6.45) is 1.66. The Morgan fingerprint density at radius 2 is 2.15 bits per heavy atom. The van der Waals surface area contributed by atoms with Crippen LogP contribution in [-0.2, 0) is 4.79 Å². The number of nitrogens with one attached hydrogen (secondary N) is 1. The minimum atomic E-state index is 0.00121. The van der Waals surface area contributed by atoms with Crippen molar-refractivity contribution >= 4 is 11.6 Å². The average Bonchev–Trinajstić information content (AvgIpc) is 2.08. The second-order valence-corrected chi connectivity index (χ2v) is 3.33. The van der Waals surface area contributed by atoms with Gasteiger partial charge in [-0.3, -0.25) is 9.78 Å². The van der Waals surface area contributed by atoms with E-state index in [0.717, 1.165) is 11.4 Å². The van der Waals surface area contributed by atoms with Crippen LogP contribution in [0.15, 0.2) is 18.3 Å². The Balaban J connectivity index is 2.65. The minimum Gasteiger partial charge on any atom is -0.325 e. The van der Waals surface area contributed by atoms with E-state index < -0.39 is 0 Å². The Labute approximate surface area is 78.2 Å². The maximum absolute atomic E-state index is 11.3. The largest absolute Gasteiger partial charge is 0.325 e. The lowest BCUT2D eigenvalue weighted by molar-refractivity contribution is -0.118. The molecule has 1 rings (SSSR count). The topological polar surface area (TPSA) is 42.0 Å². The van der Waals surface area contributed by atoms with Gasteiger partial charge in [-0.25, -0.2) is 0 Å². The molecule has 0 spiro atoms. The van der Waals surface area contributed by atoms with E-state index in [4.69, 9.17) is 0 Å². The molecule has 1 aromatic rings. The number of pyridine rings is 1. The van der Waals surface area contributed by atoms with Crippen LogP contribution in [0.3, 0.4) is 0 Å². The third-order valence-electron chi connectivity index (χ3n) is 1.70. The van der Waals surface area contributed by atoms with Gasteiger partial charge in [-0.2, -0.15) is 0 Å². The number of aromatic nitrogens is 1. The lowest BCUT2D eigenvalue weighted by Gasteiger charge is -2.06. The van der Waals surface area contributed by atoms with E-state index >= 15 is 0 Å². The van der Waals surface area contributed by atoms with Crippen molar-refractivity contribution in [1.82, 2.24) is 4.98 Å². The summed E-state index contributed by atoms with van der Waals surface area (Å²) >= 11 is 0. The average molecular weight is 178 g/mol. The van der Waals surface area contributed by atoms with Gasteiger partial charge in [0, 0.05) is 11.6 Å². The van der Waals surface area contributed by atoms with E-state index in [1.54, 1.807) is 6.20 Å². The standard InChI is InChI=1S/C10H14N2O/c1-7(2)10(13)12-9-5-4-8(3)11-6-9/h4-7H,1-3H3,(H,12,13). The molecule has 0 fully saturated rings. The van der Waals surface area contributed by atoms with Crippen LogP contribution in [0.5, 0.6) is 0 Å². The molecule has 0 aromatic carbocycles. The van der Waals surface area contributed by atoms with Crippen molar-refractivity contribution < 1.29 is 4.79 Å². The van der Waals surface area contributed by atoms with Crippen LogP contribution in [-0.4, -0.2) is 10.9 Å². The molecule has 0 saturated heterocycles. The fourth-order valence-corrected chi connectivity index (χ4v) is 0.828. The van der Waals surface area contributed by atoms with E-state index in [2.05, 4.69) is 10.3 Å². The molecule has 0 bridgehead atoms. The number of carbonyl (C=O) groups excluding carboxylic acids is 1. The Hall–Kier alpha value is -1.38. The molecule has 13 heavy (non-hydrogen) atoms. The molecule has 3 heteroatoms. The highest BCUT2D eigenvalue weighted by molar-refractivity contribution is 5.91. The highest BCUT2D eigenvalue weighted by atomic mass is 16.1. The predicted molar refractivity (Wildman–Crippen MR) is 52.4 cm³/mol. The maximum atomic E-state index is 11.3. The Bertz CT molecular complexity index is 290. The van der Waals surface area contributed by atoms with Crippen LogP contribution in [0.2, 0.25) is 0 Å². The molecule has 70 valence electrons. The van der Waals surface area contributed by atoms with Crippen molar-refractivity contribution in [2.45, 2.75) is 20.8 Å². The number of amides is 1. The third-order valence-corrected chi connectivity index (χ3v) is 1.70. The molecule has 1 N–H and O–H groups in total. The number of hydrogen-bond donors (Lipinski definition) is 1. The van der Waals surface area contributed by atoms with Gasteiger partial charge in [-0.05, 0) is 19.1 Å². The van der Waals surface area contributed by atoms with Gasteiger partial charge >= 0.3 is 0 Å². The van der Waals surface area contributed by atoms with Crippen molar-refractivity contribution in [3.8, 4) is 0 Å². The molecule has 0 saturated carbocycles. The number of nitrogens with zero attached hydrogens (tertiary/aromatic N) is 1. The SMILES string of the molecule is Cc1ccc(NC(=O)C(C)C)cn1. The fourth-order valence-electron chi connectivity index (χ4n) is 0.828. The molecule has 0 aliphatic heterocycles. The van der Waals surface area contributed by atoms with Crippen LogP contribution in [0.1, 0.15) is 19.5 Å². The first-order valence-corrected chi connectivity index (χ1v) is 4.33. The molecule has 0 atom stereocenters. The van der Waals surface area contributed by atoms with E-state index in [9.17, 15) is 4.79 Å². The van der Waals surface area contributed by atoms with Crippen LogP contribution < -0.4 is 5.32 Å². The van der Waals surface area contributed by atoms with E-state index in [1.165, 1.54) is 0 Å². The zero-order valence-electron chi connectivity index (χ0n) is 8.16. The molecular weight excluding hydrogens is 164 g/mol. The quantitative estimate of drug-likeness (QED) is 0.752. The number of aryl methyl sites for hydroxylation is 1. The lowest BCUT2D eigenvalue weighted by Crippen LogP contribution is -2.17. The lowest BCUT2D eigenvalue weighted by atomic mass is 10.2. The Morgan fingerprint density at radius 3 is 2.62 bits per heavy atom. The van der Waals surface area contributed by atoms with Gasteiger partial charge in [-0.1, -0.05) is 13.8 Å². The number of anilines is 1. The molecule has 1 aromatic heterocycles. The first-order valence-electron chi connectivity index (χ1n) is 4.33. The Morgan fingerprint density at radius 1 is 1.46 bits per heavy atom. The molecule has 1 amide bonds. The van der Waals surface area contributed by atoms with Crippen molar-refractivity contribution in [1.29, 1.82) is 0 Å². The van der Waals surface area contributed by atoms with E-state index in [-0.39, 0.29) is 11.8 Å². The number of hydrogen-bond acceptors (Lipinski definition) is 2. The van der Waals surface area contributed by atoms with Crippen LogP contribution in [0.4, 0.5) is 5.69 Å². The first-order chi connectivity index (χ1) is 6.09. The highest BCUT2D eigenvalue weighted by Gasteiger charge is 2.06. The van der Waals surface area contributed by atoms with Crippen LogP contribution >= 0.6 is 0 Å². The van der Waals surface area contributed by atoms with Gasteiger partial charge in [0.05, 0.1) is 11.9 Å². The van der Waals surface area contributed by atoms with Gasteiger partial charge in [-0.15, -0.1) is 0 Å². The summed E-state index contributed by atoms with van der Waals surface area (Å²) in [6.45, 7) is 5.63. The van der Waals surface area contributed by atoms with Gasteiger partial charge in [0.1, 0.15) is 0 Å². The van der Waals surface area contributed by atoms with Gasteiger partial charge < -0.3 is 5.32 Å². The van der Waals surface area contributed by atoms with E-state index in [1.807, 2.05) is 32.9 Å². The van der Waals surface area contributed by atoms with Gasteiger partial charge in [0.25, 0.3) is 0 Å². The predicted octanol–water partition coefficient (Wildman–Crippen LogP) is 1.98. The summed E-state index contributed by atoms with van der Waals surface area (Å²) in [5.74, 6) is 0.0203. The Kier molecular flexibility index (Phi) is 3.01. The summed E-state index contributed by atoms with van der Waals surface area (Å²) in [5, 5.41) is 2.77. The van der Waals surface area contributed by atoms with Crippen molar-refractivity contribution in [3.63, 3.8) is 0 Å². The normalized spacial score (nSPS) is 10.2. The van der Waals surface area contributed by atoms with Crippen LogP contribution in [0, 0.1) is 12.8 Å². The number of carbonyl (C=O) groups is 1. The molecular formula is C10H14N2O. The summed E-state index contributed by atoms with van der Waals surface area (Å²) in [6, 6.07) is 3.72. The summed E-state index contributed by atoms with van der Waals surface area (Å²) in [5.41, 5.74) is 1.70. The highest BCUT2D eigenvalue weighted by Crippen LogP contribution is 2.07. The monoisotopic (exact) mass is 178 g/mol. The maximum Gasteiger partial charge on any atom is 0.226 e. The second-order valence-electron chi connectivity index (χ2n) is 3.33. The zero-order chi connectivity index (χ0) is 9.84. The molecule has 0 unspecified atom stereocenters. The molecule has 0 aliphatic carbocycles. The molecule has 1 heterocycles. The van der Waals surface area contributed by atoms with E-state index in [0.29, 0.717) is 0 Å².